The van der Waals surface area contributed by atoms with E-state index in [1.54, 1.807) is 13.2 Å². The van der Waals surface area contributed by atoms with Crippen LogP contribution in [0.15, 0.2) is 23.1 Å². The van der Waals surface area contributed by atoms with Gasteiger partial charge in [-0.05, 0) is 44.4 Å². The second-order valence-electron chi connectivity index (χ2n) is 6.36. The molecule has 0 radical (unpaired) electrons. The molecule has 1 saturated heterocycles. The number of nitrogens with zero attached hydrogens (tertiary/aromatic N) is 1. The predicted molar refractivity (Wildman–Crippen MR) is 104 cm³/mol. The van der Waals surface area contributed by atoms with Gasteiger partial charge in [-0.15, -0.1) is 0 Å². The third-order valence-corrected chi connectivity index (χ3v) is 6.58. The number of hydrogen-bond acceptors (Lipinski definition) is 5. The Balaban J connectivity index is 2.05. The van der Waals surface area contributed by atoms with Gasteiger partial charge in [-0.2, -0.15) is 4.31 Å². The first kappa shape index (κ1) is 21.9. The number of halogens is 1. The second kappa shape index (κ2) is 10.3. The van der Waals surface area contributed by atoms with E-state index in [9.17, 15) is 13.2 Å². The third kappa shape index (κ3) is 5.81. The summed E-state index contributed by atoms with van der Waals surface area (Å²) < 4.78 is 37.6. The van der Waals surface area contributed by atoms with Crippen LogP contribution in [0.25, 0.3) is 0 Å². The second-order valence-corrected chi connectivity index (χ2v) is 8.71. The minimum absolute atomic E-state index is 0.108. The maximum absolute atomic E-state index is 13.0. The number of rotatable bonds is 9. The van der Waals surface area contributed by atoms with Crippen molar-refractivity contribution in [2.75, 3.05) is 40.0 Å². The van der Waals surface area contributed by atoms with Crippen LogP contribution in [0.3, 0.4) is 0 Å². The number of sulfonamides is 1. The molecule has 0 saturated carbocycles. The Morgan fingerprint density at radius 2 is 2.19 bits per heavy atom. The van der Waals surface area contributed by atoms with Crippen LogP contribution in [0.1, 0.15) is 26.2 Å². The molecule has 7 nitrogen and oxygen atoms in total. The highest BCUT2D eigenvalue weighted by Gasteiger charge is 2.33. The summed E-state index contributed by atoms with van der Waals surface area (Å²) in [5.41, 5.74) is 0. The minimum atomic E-state index is -3.72. The van der Waals surface area contributed by atoms with Crippen molar-refractivity contribution in [3.05, 3.63) is 23.2 Å². The molecule has 1 aromatic carbocycles. The quantitative estimate of drug-likeness (QED) is 0.622. The summed E-state index contributed by atoms with van der Waals surface area (Å²) in [5.74, 6) is -0.0185. The Morgan fingerprint density at radius 3 is 2.85 bits per heavy atom. The van der Waals surface area contributed by atoms with E-state index in [1.165, 1.54) is 16.4 Å². The number of piperidine rings is 1. The van der Waals surface area contributed by atoms with Crippen molar-refractivity contribution in [3.63, 3.8) is 0 Å². The maximum atomic E-state index is 13.0. The first-order valence-electron chi connectivity index (χ1n) is 9.09. The summed E-state index contributed by atoms with van der Waals surface area (Å²) in [4.78, 5) is 12.4. The maximum Gasteiger partial charge on any atom is 0.243 e. The summed E-state index contributed by atoms with van der Waals surface area (Å²) in [5, 5.41) is 3.10. The summed E-state index contributed by atoms with van der Waals surface area (Å²) in [7, 11) is -2.11. The van der Waals surface area contributed by atoms with E-state index in [4.69, 9.17) is 21.1 Å². The van der Waals surface area contributed by atoms with Gasteiger partial charge in [-0.25, -0.2) is 8.42 Å². The Morgan fingerprint density at radius 1 is 1.41 bits per heavy atom. The highest BCUT2D eigenvalue weighted by Crippen LogP contribution is 2.30. The topological polar surface area (TPSA) is 84.9 Å². The summed E-state index contributed by atoms with van der Waals surface area (Å²) >= 11 is 6.13. The van der Waals surface area contributed by atoms with Gasteiger partial charge in [0.15, 0.2) is 0 Å². The molecule has 0 aromatic heterocycles. The van der Waals surface area contributed by atoms with Gasteiger partial charge in [0.2, 0.25) is 15.9 Å². The predicted octanol–water partition coefficient (Wildman–Crippen LogP) is 2.29. The average Bonchev–Trinajstić information content (AvgIpc) is 2.67. The van der Waals surface area contributed by atoms with E-state index in [0.717, 1.165) is 6.42 Å². The Hall–Kier alpha value is -1.35. The molecule has 1 aliphatic heterocycles. The lowest BCUT2D eigenvalue weighted by atomic mass is 9.99. The fraction of sp³-hybridized carbons (Fsp3) is 0.611. The van der Waals surface area contributed by atoms with Crippen LogP contribution >= 0.6 is 11.6 Å². The fourth-order valence-electron chi connectivity index (χ4n) is 3.01. The third-order valence-electron chi connectivity index (χ3n) is 4.42. The van der Waals surface area contributed by atoms with Crippen molar-refractivity contribution in [2.45, 2.75) is 31.1 Å². The van der Waals surface area contributed by atoms with Gasteiger partial charge in [0.05, 0.1) is 22.4 Å². The fourth-order valence-corrected chi connectivity index (χ4v) is 4.86. The van der Waals surface area contributed by atoms with Crippen LogP contribution in [0.2, 0.25) is 5.02 Å². The van der Waals surface area contributed by atoms with Crippen LogP contribution in [0.5, 0.6) is 5.75 Å². The van der Waals surface area contributed by atoms with Crippen molar-refractivity contribution in [3.8, 4) is 5.75 Å². The highest BCUT2D eigenvalue weighted by molar-refractivity contribution is 7.89. The van der Waals surface area contributed by atoms with E-state index in [1.807, 2.05) is 6.92 Å². The lowest BCUT2D eigenvalue weighted by Gasteiger charge is -2.31. The Kier molecular flexibility index (Phi) is 8.34. The molecule has 0 unspecified atom stereocenters. The number of carbonyl (C=O) groups is 1. The molecule has 2 rings (SSSR count). The Bertz CT molecular complexity index is 741. The number of amides is 1. The van der Waals surface area contributed by atoms with E-state index in [2.05, 4.69) is 5.32 Å². The molecule has 1 aromatic rings. The molecule has 1 fully saturated rings. The molecule has 0 bridgehead atoms. The summed E-state index contributed by atoms with van der Waals surface area (Å²) in [6.07, 6.45) is 2.04. The van der Waals surface area contributed by atoms with Crippen molar-refractivity contribution in [1.82, 2.24) is 9.62 Å². The molecule has 1 amide bonds. The zero-order chi connectivity index (χ0) is 19.9. The number of carbonyl (C=O) groups excluding carboxylic acids is 1. The number of ether oxygens (including phenoxy) is 2. The molecule has 0 spiro atoms. The lowest BCUT2D eigenvalue weighted by Crippen LogP contribution is -2.45. The number of benzene rings is 1. The number of nitrogens with one attached hydrogen (secondary N) is 1. The standard InChI is InChI=1S/C18H27ClN2O5S/c1-3-26-17-8-7-15(12-16(17)19)27(23,24)21-10-4-6-14(13-21)18(22)20-9-5-11-25-2/h7-8,12,14H,3-6,9-11,13H2,1-2H3,(H,20,22)/t14-/m0/s1. The molecule has 27 heavy (non-hydrogen) atoms. The SMILES string of the molecule is CCOc1ccc(S(=O)(=O)N2CCC[C@H](C(=O)NCCCOC)C2)cc1Cl. The van der Waals surface area contributed by atoms with Crippen molar-refractivity contribution >= 4 is 27.5 Å². The van der Waals surface area contributed by atoms with Gasteiger partial charge < -0.3 is 14.8 Å². The molecule has 1 heterocycles. The van der Waals surface area contributed by atoms with Crippen molar-refractivity contribution in [1.29, 1.82) is 0 Å². The van der Waals surface area contributed by atoms with Crippen LogP contribution in [0, 0.1) is 5.92 Å². The molecular weight excluding hydrogens is 392 g/mol. The molecule has 0 aliphatic carbocycles. The lowest BCUT2D eigenvalue weighted by molar-refractivity contribution is -0.126. The van der Waals surface area contributed by atoms with Crippen molar-refractivity contribution in [2.24, 2.45) is 5.92 Å². The van der Waals surface area contributed by atoms with Gasteiger partial charge in [0.1, 0.15) is 5.75 Å². The summed E-state index contributed by atoms with van der Waals surface area (Å²) in [6.45, 7) is 3.92. The molecule has 1 N–H and O–H groups in total. The smallest absolute Gasteiger partial charge is 0.243 e. The van der Waals surface area contributed by atoms with Gasteiger partial charge >= 0.3 is 0 Å². The zero-order valence-electron chi connectivity index (χ0n) is 15.7. The Labute approximate surface area is 166 Å². The highest BCUT2D eigenvalue weighted by atomic mass is 35.5. The van der Waals surface area contributed by atoms with Crippen LogP contribution in [-0.2, 0) is 19.6 Å². The van der Waals surface area contributed by atoms with E-state index in [0.29, 0.717) is 44.9 Å². The van der Waals surface area contributed by atoms with E-state index < -0.39 is 10.0 Å². The van der Waals surface area contributed by atoms with Gasteiger partial charge in [0, 0.05) is 33.4 Å². The van der Waals surface area contributed by atoms with Gasteiger partial charge in [0.25, 0.3) is 0 Å². The molecular formula is C18H27ClN2O5S. The number of hydrogen-bond donors (Lipinski definition) is 1. The van der Waals surface area contributed by atoms with Crippen molar-refractivity contribution < 1.29 is 22.7 Å². The first-order chi connectivity index (χ1) is 12.9. The normalized spacial score (nSPS) is 18.3. The average molecular weight is 419 g/mol. The molecule has 1 atom stereocenters. The number of methoxy groups -OCH3 is 1. The molecule has 152 valence electrons. The first-order valence-corrected chi connectivity index (χ1v) is 10.9. The minimum Gasteiger partial charge on any atom is -0.492 e. The zero-order valence-corrected chi connectivity index (χ0v) is 17.3. The molecule has 1 aliphatic rings. The van der Waals surface area contributed by atoms with Gasteiger partial charge in [-0.1, -0.05) is 11.6 Å². The van der Waals surface area contributed by atoms with Crippen LogP contribution in [-0.4, -0.2) is 58.6 Å². The summed E-state index contributed by atoms with van der Waals surface area (Å²) in [6, 6.07) is 4.44. The monoisotopic (exact) mass is 418 g/mol. The van der Waals surface area contributed by atoms with Crippen LogP contribution < -0.4 is 10.1 Å². The van der Waals surface area contributed by atoms with Gasteiger partial charge in [-0.3, -0.25) is 4.79 Å². The van der Waals surface area contributed by atoms with Crippen LogP contribution in [0.4, 0.5) is 0 Å². The largest absolute Gasteiger partial charge is 0.492 e. The van der Waals surface area contributed by atoms with E-state index >= 15 is 0 Å². The van der Waals surface area contributed by atoms with E-state index in [-0.39, 0.29) is 28.3 Å². The molecule has 9 heteroatoms.